The van der Waals surface area contributed by atoms with Gasteiger partial charge >= 0.3 is 0 Å². The lowest BCUT2D eigenvalue weighted by Crippen LogP contribution is -3.00. The molecule has 0 fully saturated rings. The Balaban J connectivity index is 0.00000432. The van der Waals surface area contributed by atoms with Crippen LogP contribution in [0.2, 0.25) is 0 Å². The van der Waals surface area contributed by atoms with Gasteiger partial charge in [-0.25, -0.2) is 0 Å². The molecule has 1 atom stereocenters. The number of aryl methyl sites for hydroxylation is 1. The molecule has 0 saturated heterocycles. The molecular weight excluding hydrogens is 492 g/mol. The summed E-state index contributed by atoms with van der Waals surface area (Å²) >= 11 is 1.33. The molecule has 6 N–H and O–H groups in total. The van der Waals surface area contributed by atoms with E-state index in [4.69, 9.17) is 19.9 Å². The van der Waals surface area contributed by atoms with Crippen molar-refractivity contribution in [2.75, 3.05) is 26.6 Å². The summed E-state index contributed by atoms with van der Waals surface area (Å²) in [4.78, 5) is 23.7. The minimum Gasteiger partial charge on any atom is -1.00 e. The van der Waals surface area contributed by atoms with E-state index in [1.165, 1.54) is 18.6 Å². The van der Waals surface area contributed by atoms with Crippen LogP contribution in [0.5, 0.6) is 17.2 Å². The highest BCUT2D eigenvalue weighted by molar-refractivity contribution is 7.04. The highest BCUT2D eigenvalue weighted by atomic mass is 35.5. The number of ether oxygens (including phenoxy) is 3. The SMILES string of the molecule is COc1ccc(-c2csnc2-c2cc(C)c(OC)c(OC)c2)cc1NC(=O)[C@@H]([NH3+])CCC(N)=O.[Cl-]. The van der Waals surface area contributed by atoms with Gasteiger partial charge in [0.25, 0.3) is 5.91 Å². The number of primary amides is 1. The number of aromatic nitrogens is 1. The maximum Gasteiger partial charge on any atom is 0.282 e. The van der Waals surface area contributed by atoms with Gasteiger partial charge in [-0.1, -0.05) is 6.07 Å². The van der Waals surface area contributed by atoms with Crippen molar-refractivity contribution in [3.63, 3.8) is 0 Å². The molecule has 0 aliphatic heterocycles. The lowest BCUT2D eigenvalue weighted by Gasteiger charge is -2.15. The Morgan fingerprint density at radius 2 is 1.80 bits per heavy atom. The van der Waals surface area contributed by atoms with E-state index >= 15 is 0 Å². The van der Waals surface area contributed by atoms with E-state index < -0.39 is 11.9 Å². The van der Waals surface area contributed by atoms with E-state index in [1.807, 2.05) is 36.6 Å². The number of nitrogens with two attached hydrogens (primary N) is 1. The zero-order valence-corrected chi connectivity index (χ0v) is 21.6. The van der Waals surface area contributed by atoms with Gasteiger partial charge < -0.3 is 43.4 Å². The average Bonchev–Trinajstić information content (AvgIpc) is 3.31. The molecule has 1 aromatic heterocycles. The summed E-state index contributed by atoms with van der Waals surface area (Å²) in [7, 11) is 4.74. The van der Waals surface area contributed by atoms with Crippen molar-refractivity contribution >= 4 is 29.0 Å². The molecule has 188 valence electrons. The first-order valence-electron chi connectivity index (χ1n) is 10.6. The van der Waals surface area contributed by atoms with Gasteiger partial charge in [0.2, 0.25) is 5.91 Å². The maximum atomic E-state index is 12.6. The number of methoxy groups -OCH3 is 3. The minimum absolute atomic E-state index is 0. The van der Waals surface area contributed by atoms with Gasteiger partial charge in [0.15, 0.2) is 17.5 Å². The fourth-order valence-corrected chi connectivity index (χ4v) is 4.31. The Morgan fingerprint density at radius 3 is 2.43 bits per heavy atom. The number of hydrogen-bond acceptors (Lipinski definition) is 7. The number of halogens is 1. The van der Waals surface area contributed by atoms with E-state index in [0.717, 1.165) is 27.9 Å². The Morgan fingerprint density at radius 1 is 1.09 bits per heavy atom. The van der Waals surface area contributed by atoms with Crippen LogP contribution in [0, 0.1) is 6.92 Å². The zero-order valence-electron chi connectivity index (χ0n) is 20.0. The normalized spacial score (nSPS) is 11.2. The number of carbonyl (C=O) groups is 2. The fourth-order valence-electron chi connectivity index (χ4n) is 3.60. The summed E-state index contributed by atoms with van der Waals surface area (Å²) in [6.07, 6.45) is 0.355. The number of quaternary nitrogens is 1. The molecule has 2 aromatic carbocycles. The number of carbonyl (C=O) groups excluding carboxylic acids is 2. The van der Waals surface area contributed by atoms with Gasteiger partial charge in [0, 0.05) is 29.3 Å². The van der Waals surface area contributed by atoms with Gasteiger partial charge in [0.1, 0.15) is 5.75 Å². The number of benzene rings is 2. The van der Waals surface area contributed by atoms with Crippen LogP contribution in [0.15, 0.2) is 35.7 Å². The average molecular weight is 521 g/mol. The Hall–Kier alpha value is -3.34. The molecular formula is C24H29ClN4O5S. The third kappa shape index (κ3) is 6.41. The number of nitrogens with one attached hydrogen (secondary N) is 1. The van der Waals surface area contributed by atoms with Crippen molar-refractivity contribution in [2.45, 2.75) is 25.8 Å². The quantitative estimate of drug-likeness (QED) is 0.333. The van der Waals surface area contributed by atoms with Crippen molar-refractivity contribution in [3.8, 4) is 39.6 Å². The largest absolute Gasteiger partial charge is 1.00 e. The smallest absolute Gasteiger partial charge is 0.282 e. The van der Waals surface area contributed by atoms with Crippen LogP contribution in [0.3, 0.4) is 0 Å². The van der Waals surface area contributed by atoms with Gasteiger partial charge in [-0.15, -0.1) is 0 Å². The van der Waals surface area contributed by atoms with Crippen LogP contribution in [0.25, 0.3) is 22.4 Å². The summed E-state index contributed by atoms with van der Waals surface area (Å²) in [6.45, 7) is 1.95. The first-order chi connectivity index (χ1) is 16.3. The first-order valence-corrected chi connectivity index (χ1v) is 11.4. The predicted molar refractivity (Wildman–Crippen MR) is 131 cm³/mol. The molecule has 0 saturated carbocycles. The monoisotopic (exact) mass is 520 g/mol. The lowest BCUT2D eigenvalue weighted by molar-refractivity contribution is -0.403. The molecule has 0 bridgehead atoms. The first kappa shape index (κ1) is 27.9. The molecule has 0 unspecified atom stereocenters. The highest BCUT2D eigenvalue weighted by Crippen LogP contribution is 2.40. The molecule has 0 aliphatic carbocycles. The van der Waals surface area contributed by atoms with E-state index in [0.29, 0.717) is 22.9 Å². The van der Waals surface area contributed by atoms with E-state index in [2.05, 4.69) is 15.4 Å². The van der Waals surface area contributed by atoms with Crippen molar-refractivity contribution in [1.29, 1.82) is 0 Å². The number of rotatable bonds is 10. The molecule has 3 aromatic rings. The van der Waals surface area contributed by atoms with Crippen LogP contribution in [-0.2, 0) is 9.59 Å². The summed E-state index contributed by atoms with van der Waals surface area (Å²) in [5, 5.41) is 4.81. The number of nitrogens with zero attached hydrogens (tertiary/aromatic N) is 1. The second-order valence-electron chi connectivity index (χ2n) is 7.71. The predicted octanol–water partition coefficient (Wildman–Crippen LogP) is -0.370. The number of anilines is 1. The molecule has 0 aliphatic rings. The Labute approximate surface area is 214 Å². The second kappa shape index (κ2) is 12.4. The number of amides is 2. The van der Waals surface area contributed by atoms with Crippen molar-refractivity contribution in [1.82, 2.24) is 4.37 Å². The second-order valence-corrected chi connectivity index (χ2v) is 8.34. The summed E-state index contributed by atoms with van der Waals surface area (Å²) in [5.74, 6) is 1.01. The third-order valence-corrected chi connectivity index (χ3v) is 6.02. The standard InChI is InChI=1S/C24H28N4O5S.ClH/c1-13-9-15(11-20(32-3)23(13)33-4)22-16(12-34-28-22)14-5-7-19(31-2)18(10-14)27-24(30)17(25)6-8-21(26)29;/h5,7,9-12,17H,6,8,25H2,1-4H3,(H2,26,29)(H,27,30);1H/t17-;/m0./s1. The molecule has 2 amide bonds. The summed E-state index contributed by atoms with van der Waals surface area (Å²) in [5.41, 5.74) is 13.9. The molecule has 35 heavy (non-hydrogen) atoms. The van der Waals surface area contributed by atoms with Gasteiger partial charge in [-0.3, -0.25) is 9.59 Å². The van der Waals surface area contributed by atoms with Crippen LogP contribution in [0.4, 0.5) is 5.69 Å². The van der Waals surface area contributed by atoms with Crippen LogP contribution >= 0.6 is 11.5 Å². The van der Waals surface area contributed by atoms with Crippen LogP contribution < -0.4 is 43.4 Å². The van der Waals surface area contributed by atoms with Crippen molar-refractivity contribution < 1.29 is 41.9 Å². The highest BCUT2D eigenvalue weighted by Gasteiger charge is 2.21. The van der Waals surface area contributed by atoms with Crippen LogP contribution in [-0.4, -0.2) is 43.6 Å². The minimum atomic E-state index is -0.631. The molecule has 11 heteroatoms. The summed E-state index contributed by atoms with van der Waals surface area (Å²) in [6, 6.07) is 8.78. The van der Waals surface area contributed by atoms with Gasteiger partial charge in [0.05, 0.1) is 32.7 Å². The third-order valence-electron chi connectivity index (χ3n) is 5.39. The molecule has 3 rings (SSSR count). The fraction of sp³-hybridized carbons (Fsp3) is 0.292. The Bertz CT molecular complexity index is 1200. The molecule has 0 radical (unpaired) electrons. The van der Waals surface area contributed by atoms with E-state index in [9.17, 15) is 9.59 Å². The lowest BCUT2D eigenvalue weighted by atomic mass is 9.99. The zero-order chi connectivity index (χ0) is 24.8. The van der Waals surface area contributed by atoms with Gasteiger partial charge in [-0.2, -0.15) is 4.37 Å². The molecule has 0 spiro atoms. The maximum absolute atomic E-state index is 12.6. The topological polar surface area (TPSA) is 140 Å². The van der Waals surface area contributed by atoms with Crippen molar-refractivity contribution in [2.24, 2.45) is 5.73 Å². The molecule has 1 heterocycles. The van der Waals surface area contributed by atoms with E-state index in [-0.39, 0.29) is 31.2 Å². The molecule has 9 nitrogen and oxygen atoms in total. The van der Waals surface area contributed by atoms with Crippen LogP contribution in [0.1, 0.15) is 18.4 Å². The summed E-state index contributed by atoms with van der Waals surface area (Å²) < 4.78 is 21.0. The van der Waals surface area contributed by atoms with Crippen molar-refractivity contribution in [3.05, 3.63) is 41.3 Å². The van der Waals surface area contributed by atoms with E-state index in [1.54, 1.807) is 20.3 Å². The number of hydrogen-bond donors (Lipinski definition) is 3. The van der Waals surface area contributed by atoms with Gasteiger partial charge in [-0.05, 0) is 53.8 Å². The Kier molecular flexibility index (Phi) is 9.88.